The highest BCUT2D eigenvalue weighted by Gasteiger charge is 2.52. The Morgan fingerprint density at radius 3 is 2.31 bits per heavy atom. The number of benzene rings is 1. The lowest BCUT2D eigenvalue weighted by Crippen LogP contribution is -2.42. The van der Waals surface area contributed by atoms with Crippen LogP contribution in [0.1, 0.15) is 66.4 Å². The van der Waals surface area contributed by atoms with E-state index in [9.17, 15) is 4.79 Å². The van der Waals surface area contributed by atoms with E-state index in [0.29, 0.717) is 5.91 Å². The predicted molar refractivity (Wildman–Crippen MR) is 107 cm³/mol. The summed E-state index contributed by atoms with van der Waals surface area (Å²) in [5.41, 5.74) is 2.66. The van der Waals surface area contributed by atoms with E-state index in [4.69, 9.17) is 9.31 Å². The van der Waals surface area contributed by atoms with Gasteiger partial charge in [0.1, 0.15) is 0 Å². The van der Waals surface area contributed by atoms with E-state index in [-0.39, 0.29) is 24.2 Å². The van der Waals surface area contributed by atoms with Crippen LogP contribution in [0.5, 0.6) is 0 Å². The molecular formula is C21H32BNO3. The molecule has 0 bridgehead atoms. The van der Waals surface area contributed by atoms with Crippen LogP contribution < -0.4 is 10.4 Å². The predicted octanol–water partition coefficient (Wildman–Crippen LogP) is 3.70. The van der Waals surface area contributed by atoms with Gasteiger partial charge in [0.25, 0.3) is 0 Å². The third-order valence-electron chi connectivity index (χ3n) is 5.99. The summed E-state index contributed by atoms with van der Waals surface area (Å²) in [6.45, 7) is 13.1. The van der Waals surface area contributed by atoms with Gasteiger partial charge in [-0.3, -0.25) is 4.79 Å². The lowest BCUT2D eigenvalue weighted by molar-refractivity contribution is -0.119. The Morgan fingerprint density at radius 2 is 1.73 bits per heavy atom. The minimum atomic E-state index is -0.360. The molecule has 0 spiro atoms. The summed E-state index contributed by atoms with van der Waals surface area (Å²) in [6, 6.07) is 6.19. The highest BCUT2D eigenvalue weighted by atomic mass is 16.7. The van der Waals surface area contributed by atoms with Gasteiger partial charge in [0.2, 0.25) is 5.91 Å². The molecule has 1 saturated heterocycles. The maximum Gasteiger partial charge on any atom is 0.495 e. The van der Waals surface area contributed by atoms with Gasteiger partial charge in [-0.25, -0.2) is 0 Å². The molecule has 1 aliphatic carbocycles. The minimum absolute atomic E-state index is 0.247. The summed E-state index contributed by atoms with van der Waals surface area (Å²) >= 11 is 0. The highest BCUT2D eigenvalue weighted by Crippen LogP contribution is 2.39. The first-order valence-electron chi connectivity index (χ1n) is 10.1. The van der Waals surface area contributed by atoms with Crippen LogP contribution in [0.3, 0.4) is 0 Å². The maximum absolute atomic E-state index is 12.6. The number of amides is 1. The van der Waals surface area contributed by atoms with E-state index in [1.54, 1.807) is 0 Å². The van der Waals surface area contributed by atoms with Gasteiger partial charge in [-0.2, -0.15) is 0 Å². The molecule has 4 nitrogen and oxygen atoms in total. The molecule has 26 heavy (non-hydrogen) atoms. The molecule has 2 heterocycles. The number of anilines is 1. The van der Waals surface area contributed by atoms with E-state index in [1.807, 2.05) is 24.8 Å². The van der Waals surface area contributed by atoms with Gasteiger partial charge in [0.15, 0.2) is 0 Å². The Balaban J connectivity index is 0.000000948. The molecule has 0 aromatic heterocycles. The maximum atomic E-state index is 12.6. The van der Waals surface area contributed by atoms with Gasteiger partial charge in [-0.05, 0) is 70.5 Å². The van der Waals surface area contributed by atoms with E-state index < -0.39 is 0 Å². The molecule has 2 fully saturated rings. The third kappa shape index (κ3) is 3.32. The molecule has 0 atom stereocenters. The van der Waals surface area contributed by atoms with Crippen molar-refractivity contribution in [3.05, 3.63) is 23.8 Å². The topological polar surface area (TPSA) is 38.8 Å². The summed E-state index contributed by atoms with van der Waals surface area (Å²) in [7, 11) is -0.360. The third-order valence-corrected chi connectivity index (χ3v) is 5.99. The highest BCUT2D eigenvalue weighted by molar-refractivity contribution is 6.62. The van der Waals surface area contributed by atoms with E-state index >= 15 is 0 Å². The summed E-state index contributed by atoms with van der Waals surface area (Å²) in [6.07, 6.45) is 4.06. The number of nitrogens with zero attached hydrogens (tertiary/aromatic N) is 1. The molecular weight excluding hydrogens is 325 g/mol. The average Bonchev–Trinajstić information content (AvgIpc) is 3.42. The van der Waals surface area contributed by atoms with Gasteiger partial charge in [-0.15, -0.1) is 0 Å². The second kappa shape index (κ2) is 7.01. The van der Waals surface area contributed by atoms with Crippen molar-refractivity contribution >= 4 is 24.2 Å². The first-order chi connectivity index (χ1) is 12.3. The van der Waals surface area contributed by atoms with Crippen LogP contribution in [0.2, 0.25) is 0 Å². The molecule has 5 heteroatoms. The molecule has 1 amide bonds. The van der Waals surface area contributed by atoms with Crippen molar-refractivity contribution in [1.29, 1.82) is 0 Å². The summed E-state index contributed by atoms with van der Waals surface area (Å²) in [4.78, 5) is 14.6. The largest absolute Gasteiger partial charge is 0.495 e. The standard InChI is InChI=1S/C19H26BNO3.C2H6/c1-18(2)19(3,4)24-20(23-18)15-8-5-9-16-14(15)7-6-12-21(16)17(22)13-10-11-13;1-2/h5,8-9,13H,6-7,10-12H2,1-4H3;1-2H3. The first kappa shape index (κ1) is 19.4. The van der Waals surface area contributed by atoms with Crippen LogP contribution in [0.4, 0.5) is 5.69 Å². The average molecular weight is 357 g/mol. The Hall–Kier alpha value is -1.33. The van der Waals surface area contributed by atoms with Crippen molar-refractivity contribution in [1.82, 2.24) is 0 Å². The lowest BCUT2D eigenvalue weighted by Gasteiger charge is -2.32. The van der Waals surface area contributed by atoms with E-state index in [2.05, 4.69) is 39.8 Å². The fraction of sp³-hybridized carbons (Fsp3) is 0.667. The second-order valence-corrected chi connectivity index (χ2v) is 8.30. The fourth-order valence-corrected chi connectivity index (χ4v) is 3.62. The van der Waals surface area contributed by atoms with Gasteiger partial charge in [0, 0.05) is 18.2 Å². The zero-order valence-electron chi connectivity index (χ0n) is 17.1. The van der Waals surface area contributed by atoms with E-state index in [0.717, 1.165) is 43.4 Å². The zero-order valence-corrected chi connectivity index (χ0v) is 17.1. The zero-order chi connectivity index (χ0) is 19.1. The molecule has 4 rings (SSSR count). The fourth-order valence-electron chi connectivity index (χ4n) is 3.62. The molecule has 1 saturated carbocycles. The number of hydrogen-bond donors (Lipinski definition) is 0. The van der Waals surface area contributed by atoms with Crippen molar-refractivity contribution in [2.45, 2.75) is 78.4 Å². The molecule has 0 N–H and O–H groups in total. The van der Waals surface area contributed by atoms with Gasteiger partial charge in [-0.1, -0.05) is 26.0 Å². The number of hydrogen-bond acceptors (Lipinski definition) is 3. The van der Waals surface area contributed by atoms with Crippen LogP contribution in [0.15, 0.2) is 18.2 Å². The van der Waals surface area contributed by atoms with Gasteiger partial charge < -0.3 is 14.2 Å². The van der Waals surface area contributed by atoms with Crippen molar-refractivity contribution in [3.63, 3.8) is 0 Å². The van der Waals surface area contributed by atoms with Crippen LogP contribution >= 0.6 is 0 Å². The summed E-state index contributed by atoms with van der Waals surface area (Å²) in [5.74, 6) is 0.540. The van der Waals surface area contributed by atoms with E-state index in [1.165, 1.54) is 5.56 Å². The Morgan fingerprint density at radius 1 is 1.12 bits per heavy atom. The molecule has 0 radical (unpaired) electrons. The van der Waals surface area contributed by atoms with Crippen molar-refractivity contribution in [2.75, 3.05) is 11.4 Å². The molecule has 3 aliphatic rings. The SMILES string of the molecule is CC.CC1(C)OB(c2cccc3c2CCCN3C(=O)C2CC2)OC1(C)C. The Kier molecular flexibility index (Phi) is 5.24. The molecule has 0 unspecified atom stereocenters. The van der Waals surface area contributed by atoms with Crippen LogP contribution in [0.25, 0.3) is 0 Å². The molecule has 1 aromatic rings. The normalized spacial score (nSPS) is 23.2. The van der Waals surface area contributed by atoms with Gasteiger partial charge in [0.05, 0.1) is 11.2 Å². The van der Waals surface area contributed by atoms with Crippen LogP contribution in [-0.2, 0) is 20.5 Å². The quantitative estimate of drug-likeness (QED) is 0.758. The van der Waals surface area contributed by atoms with Crippen LogP contribution in [-0.4, -0.2) is 30.8 Å². The number of carbonyl (C=O) groups excluding carboxylic acids is 1. The van der Waals surface area contributed by atoms with Crippen molar-refractivity contribution in [2.24, 2.45) is 5.92 Å². The first-order valence-corrected chi connectivity index (χ1v) is 10.1. The molecule has 2 aliphatic heterocycles. The molecule has 142 valence electrons. The Bertz CT molecular complexity index is 666. The second-order valence-electron chi connectivity index (χ2n) is 8.30. The van der Waals surface area contributed by atoms with Crippen molar-refractivity contribution < 1.29 is 14.1 Å². The lowest BCUT2D eigenvalue weighted by atomic mass is 9.73. The summed E-state index contributed by atoms with van der Waals surface area (Å²) in [5, 5.41) is 0. The number of fused-ring (bicyclic) bond motifs is 1. The van der Waals surface area contributed by atoms with Crippen LogP contribution in [0, 0.1) is 5.92 Å². The minimum Gasteiger partial charge on any atom is -0.399 e. The number of rotatable bonds is 2. The monoisotopic (exact) mass is 357 g/mol. The smallest absolute Gasteiger partial charge is 0.399 e. The summed E-state index contributed by atoms with van der Waals surface area (Å²) < 4.78 is 12.5. The van der Waals surface area contributed by atoms with Crippen molar-refractivity contribution in [3.8, 4) is 0 Å². The molecule has 1 aromatic carbocycles. The Labute approximate surface area is 158 Å². The number of carbonyl (C=O) groups is 1. The van der Waals surface area contributed by atoms with Gasteiger partial charge >= 0.3 is 7.12 Å².